The molecular weight excluding hydrogens is 294 g/mol. The zero-order valence-electron chi connectivity index (χ0n) is 14.1. The average molecular weight is 317 g/mol. The predicted molar refractivity (Wildman–Crippen MR) is 100 cm³/mol. The van der Waals surface area contributed by atoms with Gasteiger partial charge in [0.1, 0.15) is 5.75 Å². The summed E-state index contributed by atoms with van der Waals surface area (Å²) in [6.07, 6.45) is 6.89. The Kier molecular flexibility index (Phi) is 5.27. The maximum Gasteiger partial charge on any atom is 0.115 e. The molecule has 0 amide bonds. The monoisotopic (exact) mass is 317 g/mol. The molecule has 0 bridgehead atoms. The molecule has 24 heavy (non-hydrogen) atoms. The molecule has 1 aromatic heterocycles. The third kappa shape index (κ3) is 4.02. The van der Waals surface area contributed by atoms with Crippen molar-refractivity contribution in [1.29, 1.82) is 0 Å². The number of phenols is 1. The summed E-state index contributed by atoms with van der Waals surface area (Å²) in [5, 5.41) is 9.37. The smallest absolute Gasteiger partial charge is 0.115 e. The van der Waals surface area contributed by atoms with E-state index in [1.165, 1.54) is 30.4 Å². The Morgan fingerprint density at radius 1 is 0.750 bits per heavy atom. The van der Waals surface area contributed by atoms with Crippen LogP contribution in [0.15, 0.2) is 66.9 Å². The molecule has 0 aliphatic rings. The molecule has 0 fully saturated rings. The van der Waals surface area contributed by atoms with E-state index in [0.29, 0.717) is 0 Å². The molecule has 0 atom stereocenters. The molecule has 3 aromatic rings. The Bertz CT molecular complexity index is 759. The van der Waals surface area contributed by atoms with Crippen molar-refractivity contribution < 1.29 is 5.11 Å². The predicted octanol–water partition coefficient (Wildman–Crippen LogP) is 5.85. The number of phenolic OH excluding ortho intramolecular Hbond substituents is 1. The first kappa shape index (κ1) is 16.3. The molecule has 0 saturated carbocycles. The van der Waals surface area contributed by atoms with E-state index in [9.17, 15) is 5.11 Å². The lowest BCUT2D eigenvalue weighted by Gasteiger charge is -2.06. The lowest BCUT2D eigenvalue weighted by atomic mass is 10.0. The van der Waals surface area contributed by atoms with Crippen LogP contribution in [0.4, 0.5) is 0 Å². The minimum Gasteiger partial charge on any atom is -0.508 e. The molecular formula is C22H23NO. The average Bonchev–Trinajstić information content (AvgIpc) is 2.63. The number of unbranched alkanes of at least 4 members (excludes halogenated alkanes) is 2. The van der Waals surface area contributed by atoms with E-state index >= 15 is 0 Å². The number of benzene rings is 2. The van der Waals surface area contributed by atoms with E-state index in [2.05, 4.69) is 42.2 Å². The van der Waals surface area contributed by atoms with Crippen molar-refractivity contribution in [2.45, 2.75) is 32.6 Å². The molecule has 1 heterocycles. The molecule has 122 valence electrons. The second-order valence-electron chi connectivity index (χ2n) is 6.13. The second-order valence-corrected chi connectivity index (χ2v) is 6.13. The summed E-state index contributed by atoms with van der Waals surface area (Å²) in [7, 11) is 0. The number of rotatable bonds is 6. The Balaban J connectivity index is 1.72. The minimum absolute atomic E-state index is 0.273. The van der Waals surface area contributed by atoms with E-state index in [0.717, 1.165) is 23.2 Å². The van der Waals surface area contributed by atoms with Gasteiger partial charge in [0, 0.05) is 17.3 Å². The summed E-state index contributed by atoms with van der Waals surface area (Å²) in [5.74, 6) is 0.273. The Morgan fingerprint density at radius 2 is 1.42 bits per heavy atom. The maximum atomic E-state index is 9.37. The summed E-state index contributed by atoms with van der Waals surface area (Å²) in [6.45, 7) is 2.23. The summed E-state index contributed by atoms with van der Waals surface area (Å²) in [4.78, 5) is 4.56. The van der Waals surface area contributed by atoms with E-state index in [4.69, 9.17) is 0 Å². The summed E-state index contributed by atoms with van der Waals surface area (Å²) >= 11 is 0. The van der Waals surface area contributed by atoms with Crippen LogP contribution < -0.4 is 0 Å². The van der Waals surface area contributed by atoms with E-state index in [1.54, 1.807) is 12.1 Å². The first-order valence-corrected chi connectivity index (χ1v) is 8.61. The van der Waals surface area contributed by atoms with Crippen molar-refractivity contribution >= 4 is 0 Å². The van der Waals surface area contributed by atoms with Gasteiger partial charge in [-0.3, -0.25) is 4.98 Å². The van der Waals surface area contributed by atoms with Crippen LogP contribution in [-0.4, -0.2) is 10.1 Å². The minimum atomic E-state index is 0.273. The quantitative estimate of drug-likeness (QED) is 0.578. The van der Waals surface area contributed by atoms with Gasteiger partial charge >= 0.3 is 0 Å². The molecule has 0 spiro atoms. The van der Waals surface area contributed by atoms with E-state index in [1.807, 2.05) is 24.4 Å². The molecule has 0 radical (unpaired) electrons. The zero-order valence-corrected chi connectivity index (χ0v) is 14.1. The van der Waals surface area contributed by atoms with Gasteiger partial charge in [-0.15, -0.1) is 0 Å². The van der Waals surface area contributed by atoms with Crippen molar-refractivity contribution in [3.05, 3.63) is 72.4 Å². The second kappa shape index (κ2) is 7.78. The van der Waals surface area contributed by atoms with Gasteiger partial charge in [-0.1, -0.05) is 50.1 Å². The van der Waals surface area contributed by atoms with Gasteiger partial charge in [0.25, 0.3) is 0 Å². The van der Waals surface area contributed by atoms with E-state index < -0.39 is 0 Å². The number of nitrogens with zero attached hydrogens (tertiary/aromatic N) is 1. The molecule has 0 saturated heterocycles. The van der Waals surface area contributed by atoms with Crippen molar-refractivity contribution in [2.24, 2.45) is 0 Å². The summed E-state index contributed by atoms with van der Waals surface area (Å²) in [6, 6.07) is 20.0. The highest BCUT2D eigenvalue weighted by Gasteiger charge is 2.02. The van der Waals surface area contributed by atoms with Gasteiger partial charge in [0.2, 0.25) is 0 Å². The lowest BCUT2D eigenvalue weighted by molar-refractivity contribution is 0.475. The fourth-order valence-corrected chi connectivity index (χ4v) is 2.81. The highest BCUT2D eigenvalue weighted by molar-refractivity contribution is 5.67. The van der Waals surface area contributed by atoms with Crippen LogP contribution in [0.5, 0.6) is 5.75 Å². The molecule has 3 rings (SSSR count). The molecule has 0 unspecified atom stereocenters. The van der Waals surface area contributed by atoms with Gasteiger partial charge < -0.3 is 5.11 Å². The van der Waals surface area contributed by atoms with Gasteiger partial charge in [0.05, 0.1) is 5.69 Å². The topological polar surface area (TPSA) is 33.1 Å². The Hall–Kier alpha value is -2.61. The van der Waals surface area contributed by atoms with Crippen LogP contribution >= 0.6 is 0 Å². The number of pyridine rings is 1. The first-order valence-electron chi connectivity index (χ1n) is 8.61. The summed E-state index contributed by atoms with van der Waals surface area (Å²) < 4.78 is 0. The maximum absolute atomic E-state index is 9.37. The number of hydrogen-bond acceptors (Lipinski definition) is 2. The highest BCUT2D eigenvalue weighted by Crippen LogP contribution is 2.24. The van der Waals surface area contributed by atoms with Gasteiger partial charge in [-0.2, -0.15) is 0 Å². The molecule has 2 aromatic carbocycles. The van der Waals surface area contributed by atoms with Crippen LogP contribution in [-0.2, 0) is 6.42 Å². The third-order valence-corrected chi connectivity index (χ3v) is 4.28. The van der Waals surface area contributed by atoms with E-state index in [-0.39, 0.29) is 5.75 Å². The van der Waals surface area contributed by atoms with Crippen molar-refractivity contribution in [3.8, 4) is 28.1 Å². The van der Waals surface area contributed by atoms with Crippen LogP contribution in [0.2, 0.25) is 0 Å². The number of aromatic hydroxyl groups is 1. The lowest BCUT2D eigenvalue weighted by Crippen LogP contribution is -1.87. The van der Waals surface area contributed by atoms with Crippen LogP contribution in [0, 0.1) is 0 Å². The highest BCUT2D eigenvalue weighted by atomic mass is 16.3. The number of aryl methyl sites for hydroxylation is 1. The van der Waals surface area contributed by atoms with Crippen LogP contribution in [0.1, 0.15) is 31.7 Å². The summed E-state index contributed by atoms with van der Waals surface area (Å²) in [5.41, 5.74) is 5.64. The number of aromatic nitrogens is 1. The van der Waals surface area contributed by atoms with Gasteiger partial charge in [-0.05, 0) is 54.3 Å². The van der Waals surface area contributed by atoms with Crippen molar-refractivity contribution in [3.63, 3.8) is 0 Å². The zero-order chi connectivity index (χ0) is 16.8. The van der Waals surface area contributed by atoms with Crippen LogP contribution in [0.25, 0.3) is 22.4 Å². The molecule has 0 aliphatic carbocycles. The fraction of sp³-hybridized carbons (Fsp3) is 0.227. The first-order chi connectivity index (χ1) is 11.8. The van der Waals surface area contributed by atoms with Crippen molar-refractivity contribution in [2.75, 3.05) is 0 Å². The molecule has 2 nitrogen and oxygen atoms in total. The Labute approximate surface area is 143 Å². The van der Waals surface area contributed by atoms with Gasteiger partial charge in [0.15, 0.2) is 0 Å². The largest absolute Gasteiger partial charge is 0.508 e. The standard InChI is InChI=1S/C22H23NO/c1-2-3-4-5-17-6-8-18(9-7-17)20-12-15-22(23-16-20)19-10-13-21(24)14-11-19/h6-16,24H,2-5H2,1H3. The SMILES string of the molecule is CCCCCc1ccc(-c2ccc(-c3ccc(O)cc3)nc2)cc1. The number of hydrogen-bond donors (Lipinski definition) is 1. The van der Waals surface area contributed by atoms with Crippen molar-refractivity contribution in [1.82, 2.24) is 4.98 Å². The third-order valence-electron chi connectivity index (χ3n) is 4.28. The van der Waals surface area contributed by atoms with Gasteiger partial charge in [-0.25, -0.2) is 0 Å². The molecule has 0 aliphatic heterocycles. The van der Waals surface area contributed by atoms with Crippen LogP contribution in [0.3, 0.4) is 0 Å². The fourth-order valence-electron chi connectivity index (χ4n) is 2.81. The Morgan fingerprint density at radius 3 is 2.04 bits per heavy atom. The normalized spacial score (nSPS) is 10.7. The molecule has 1 N–H and O–H groups in total. The molecule has 2 heteroatoms.